The summed E-state index contributed by atoms with van der Waals surface area (Å²) in [6.07, 6.45) is 3.93. The van der Waals surface area contributed by atoms with Crippen molar-refractivity contribution in [3.63, 3.8) is 0 Å². The predicted octanol–water partition coefficient (Wildman–Crippen LogP) is 6.51. The van der Waals surface area contributed by atoms with E-state index in [0.29, 0.717) is 22.3 Å². The van der Waals surface area contributed by atoms with Gasteiger partial charge in [0.2, 0.25) is 0 Å². The van der Waals surface area contributed by atoms with Crippen LogP contribution in [-0.2, 0) is 0 Å². The molecule has 4 nitrogen and oxygen atoms in total. The normalized spacial score (nSPS) is 13.8. The summed E-state index contributed by atoms with van der Waals surface area (Å²) >= 11 is 0. The highest BCUT2D eigenvalue weighted by Gasteiger charge is 2.29. The Morgan fingerprint density at radius 1 is 0.606 bits per heavy atom. The summed E-state index contributed by atoms with van der Waals surface area (Å²) in [5, 5.41) is 0. The minimum atomic E-state index is -0.112. The highest BCUT2D eigenvalue weighted by molar-refractivity contribution is 6.28. The van der Waals surface area contributed by atoms with E-state index in [1.807, 2.05) is 67.7 Å². The lowest BCUT2D eigenvalue weighted by molar-refractivity contribution is 0.0979. The maximum Gasteiger partial charge on any atom is 0.194 e. The van der Waals surface area contributed by atoms with Gasteiger partial charge in [0.1, 0.15) is 0 Å². The van der Waals surface area contributed by atoms with Crippen molar-refractivity contribution in [1.29, 1.82) is 0 Å². The van der Waals surface area contributed by atoms with E-state index in [0.717, 1.165) is 34.0 Å². The molecular formula is C29H19NO3. The van der Waals surface area contributed by atoms with Crippen molar-refractivity contribution in [2.45, 2.75) is 0 Å². The zero-order valence-corrected chi connectivity index (χ0v) is 17.9. The second-order valence-electron chi connectivity index (χ2n) is 8.20. The molecule has 4 aromatic rings. The molecular weight excluding hydrogens is 410 g/mol. The number of ether oxygens (including phenoxy) is 1. The molecule has 1 heterocycles. The average Bonchev–Trinajstić information content (AvgIpc) is 2.86. The summed E-state index contributed by atoms with van der Waals surface area (Å²) in [6, 6.07) is 26.4. The lowest BCUT2D eigenvalue weighted by Gasteiger charge is -2.29. The fraction of sp³-hybridized carbons (Fsp3) is 0.0345. The minimum absolute atomic E-state index is 0.105. The van der Waals surface area contributed by atoms with E-state index in [4.69, 9.17) is 4.74 Å². The Kier molecular flexibility index (Phi) is 4.27. The van der Waals surface area contributed by atoms with Gasteiger partial charge in [-0.2, -0.15) is 0 Å². The SMILES string of the molecule is CN1c2ccccc2Oc2cc(/C=C\c3ccc4c(c3)C(=O)c3ccccc3C4=O)ccc21. The number of hydrogen-bond acceptors (Lipinski definition) is 4. The fourth-order valence-corrected chi connectivity index (χ4v) is 4.48. The molecule has 0 unspecified atom stereocenters. The molecule has 0 radical (unpaired) electrons. The third kappa shape index (κ3) is 3.07. The Bertz CT molecular complexity index is 1500. The van der Waals surface area contributed by atoms with Crippen LogP contribution in [0.2, 0.25) is 0 Å². The van der Waals surface area contributed by atoms with Crippen molar-refractivity contribution >= 4 is 35.1 Å². The Morgan fingerprint density at radius 3 is 1.97 bits per heavy atom. The summed E-state index contributed by atoms with van der Waals surface area (Å²) < 4.78 is 6.12. The van der Waals surface area contributed by atoms with Gasteiger partial charge in [-0.25, -0.2) is 0 Å². The number of fused-ring (bicyclic) bond motifs is 4. The van der Waals surface area contributed by atoms with E-state index in [1.54, 1.807) is 36.4 Å². The molecule has 0 amide bonds. The van der Waals surface area contributed by atoms with E-state index in [2.05, 4.69) is 4.90 Å². The van der Waals surface area contributed by atoms with Gasteiger partial charge < -0.3 is 9.64 Å². The van der Waals surface area contributed by atoms with Crippen LogP contribution in [0.15, 0.2) is 84.9 Å². The molecule has 4 heteroatoms. The molecule has 0 N–H and O–H groups in total. The fourth-order valence-electron chi connectivity index (χ4n) is 4.48. The largest absolute Gasteiger partial charge is 0.453 e. The standard InChI is InChI=1S/C29H19NO3/c1-30-24-8-4-5-9-26(24)33-27-17-19(13-15-25(27)30)11-10-18-12-14-22-23(16-18)29(32)21-7-3-2-6-20(21)28(22)31/h2-17H,1H3/b11-10-. The molecule has 1 aliphatic heterocycles. The first-order valence-electron chi connectivity index (χ1n) is 10.8. The first-order chi connectivity index (χ1) is 16.1. The summed E-state index contributed by atoms with van der Waals surface area (Å²) in [4.78, 5) is 27.9. The Labute approximate surface area is 191 Å². The molecule has 33 heavy (non-hydrogen) atoms. The maximum atomic E-state index is 13.0. The van der Waals surface area contributed by atoms with E-state index in [9.17, 15) is 9.59 Å². The molecule has 0 atom stereocenters. The van der Waals surface area contributed by atoms with E-state index >= 15 is 0 Å². The van der Waals surface area contributed by atoms with Crippen LogP contribution in [0.4, 0.5) is 11.4 Å². The topological polar surface area (TPSA) is 46.6 Å². The third-order valence-electron chi connectivity index (χ3n) is 6.21. The zero-order valence-electron chi connectivity index (χ0n) is 17.9. The first kappa shape index (κ1) is 19.3. The van der Waals surface area contributed by atoms with Crippen molar-refractivity contribution < 1.29 is 14.3 Å². The Balaban J connectivity index is 1.31. The molecule has 158 valence electrons. The van der Waals surface area contributed by atoms with Crippen LogP contribution in [0.5, 0.6) is 11.5 Å². The molecule has 0 saturated carbocycles. The third-order valence-corrected chi connectivity index (χ3v) is 6.21. The van der Waals surface area contributed by atoms with Gasteiger partial charge in [0.25, 0.3) is 0 Å². The van der Waals surface area contributed by atoms with Gasteiger partial charge in [0, 0.05) is 29.3 Å². The van der Waals surface area contributed by atoms with E-state index in [1.165, 1.54) is 0 Å². The van der Waals surface area contributed by atoms with Gasteiger partial charge in [-0.05, 0) is 47.5 Å². The van der Waals surface area contributed by atoms with E-state index < -0.39 is 0 Å². The second-order valence-corrected chi connectivity index (χ2v) is 8.20. The number of ketones is 2. The highest BCUT2D eigenvalue weighted by atomic mass is 16.5. The highest BCUT2D eigenvalue weighted by Crippen LogP contribution is 2.45. The van der Waals surface area contributed by atoms with Crippen LogP contribution in [0.25, 0.3) is 12.2 Å². The van der Waals surface area contributed by atoms with E-state index in [-0.39, 0.29) is 11.6 Å². The number of carbonyl (C=O) groups is 2. The molecule has 4 aromatic carbocycles. The van der Waals surface area contributed by atoms with Crippen LogP contribution in [-0.4, -0.2) is 18.6 Å². The van der Waals surface area contributed by atoms with Gasteiger partial charge in [0.15, 0.2) is 23.1 Å². The lowest BCUT2D eigenvalue weighted by Crippen LogP contribution is -2.20. The summed E-state index contributed by atoms with van der Waals surface area (Å²) in [6.45, 7) is 0. The van der Waals surface area contributed by atoms with Crippen LogP contribution >= 0.6 is 0 Å². The Hall–Kier alpha value is -4.44. The van der Waals surface area contributed by atoms with Crippen molar-refractivity contribution in [1.82, 2.24) is 0 Å². The summed E-state index contributed by atoms with van der Waals surface area (Å²) in [5.41, 5.74) is 5.71. The molecule has 2 aliphatic rings. The quantitative estimate of drug-likeness (QED) is 0.300. The molecule has 0 saturated heterocycles. The molecule has 1 aliphatic carbocycles. The van der Waals surface area contributed by atoms with Crippen molar-refractivity contribution in [3.05, 3.63) is 118 Å². The van der Waals surface area contributed by atoms with Gasteiger partial charge in [-0.3, -0.25) is 9.59 Å². The first-order valence-corrected chi connectivity index (χ1v) is 10.8. The van der Waals surface area contributed by atoms with Gasteiger partial charge >= 0.3 is 0 Å². The van der Waals surface area contributed by atoms with Crippen LogP contribution in [0, 0.1) is 0 Å². The predicted molar refractivity (Wildman–Crippen MR) is 130 cm³/mol. The Morgan fingerprint density at radius 2 is 1.18 bits per heavy atom. The summed E-state index contributed by atoms with van der Waals surface area (Å²) in [5.74, 6) is 1.40. The van der Waals surface area contributed by atoms with Gasteiger partial charge in [-0.1, -0.05) is 60.7 Å². The number of hydrogen-bond donors (Lipinski definition) is 0. The van der Waals surface area contributed by atoms with Gasteiger partial charge in [0.05, 0.1) is 11.4 Å². The summed E-state index contributed by atoms with van der Waals surface area (Å²) in [7, 11) is 2.03. The van der Waals surface area contributed by atoms with Crippen LogP contribution in [0.1, 0.15) is 43.0 Å². The minimum Gasteiger partial charge on any atom is -0.453 e. The molecule has 0 fully saturated rings. The molecule has 6 rings (SSSR count). The maximum absolute atomic E-state index is 13.0. The molecule has 0 bridgehead atoms. The zero-order chi connectivity index (χ0) is 22.5. The van der Waals surface area contributed by atoms with Crippen molar-refractivity contribution in [3.8, 4) is 11.5 Å². The molecule has 0 spiro atoms. The number of benzene rings is 4. The van der Waals surface area contributed by atoms with Gasteiger partial charge in [-0.15, -0.1) is 0 Å². The van der Waals surface area contributed by atoms with Crippen LogP contribution in [0.3, 0.4) is 0 Å². The van der Waals surface area contributed by atoms with Crippen molar-refractivity contribution in [2.24, 2.45) is 0 Å². The smallest absolute Gasteiger partial charge is 0.194 e. The number of carbonyl (C=O) groups excluding carboxylic acids is 2. The van der Waals surface area contributed by atoms with Crippen LogP contribution < -0.4 is 9.64 Å². The average molecular weight is 429 g/mol. The number of rotatable bonds is 2. The number of nitrogens with zero attached hydrogens (tertiary/aromatic N) is 1. The molecule has 0 aromatic heterocycles. The second kappa shape index (κ2) is 7.31. The number of anilines is 2. The lowest BCUT2D eigenvalue weighted by atomic mass is 9.83. The monoisotopic (exact) mass is 429 g/mol. The van der Waals surface area contributed by atoms with Crippen molar-refractivity contribution in [2.75, 3.05) is 11.9 Å². The number of para-hydroxylation sites is 2.